The summed E-state index contributed by atoms with van der Waals surface area (Å²) in [7, 11) is 0. The number of non-ortho nitro benzene ring substituents is 1. The van der Waals surface area contributed by atoms with Crippen LogP contribution in [0.3, 0.4) is 0 Å². The number of carbonyl (C=O) groups is 2. The molecule has 2 heterocycles. The van der Waals surface area contributed by atoms with Crippen molar-refractivity contribution in [2.75, 3.05) is 5.32 Å². The number of nitrogens with zero attached hydrogens (tertiary/aromatic N) is 4. The lowest BCUT2D eigenvalue weighted by Gasteiger charge is -2.33. The molecule has 1 unspecified atom stereocenters. The molecule has 1 aliphatic rings. The molecule has 2 aromatic carbocycles. The summed E-state index contributed by atoms with van der Waals surface area (Å²) in [6.45, 7) is 0.609. The van der Waals surface area contributed by atoms with Crippen LogP contribution in [0.5, 0.6) is 0 Å². The Morgan fingerprint density at radius 2 is 1.87 bits per heavy atom. The molecule has 10 heteroatoms. The van der Waals surface area contributed by atoms with E-state index < -0.39 is 23.0 Å². The van der Waals surface area contributed by atoms with Gasteiger partial charge < -0.3 is 19.9 Å². The number of aromatic nitrogens is 2. The first-order valence-corrected chi connectivity index (χ1v) is 9.54. The normalized spacial score (nSPS) is 15.2. The van der Waals surface area contributed by atoms with Crippen molar-refractivity contribution in [2.24, 2.45) is 0 Å². The van der Waals surface area contributed by atoms with Gasteiger partial charge in [-0.3, -0.25) is 10.1 Å². The van der Waals surface area contributed by atoms with E-state index in [4.69, 9.17) is 0 Å². The van der Waals surface area contributed by atoms with Crippen molar-refractivity contribution in [3.8, 4) is 0 Å². The molecular weight excluding hydrogens is 402 g/mol. The van der Waals surface area contributed by atoms with E-state index in [2.05, 4.69) is 10.3 Å². The predicted molar refractivity (Wildman–Crippen MR) is 111 cm³/mol. The molecule has 0 bridgehead atoms. The van der Waals surface area contributed by atoms with Crippen molar-refractivity contribution in [1.29, 1.82) is 0 Å². The number of rotatable bonds is 5. The number of fused-ring (bicyclic) bond motifs is 1. The van der Waals surface area contributed by atoms with Gasteiger partial charge in [0.1, 0.15) is 6.04 Å². The van der Waals surface area contributed by atoms with Crippen LogP contribution in [-0.4, -0.2) is 42.5 Å². The molecule has 1 aliphatic heterocycles. The summed E-state index contributed by atoms with van der Waals surface area (Å²) in [6.07, 6.45) is 1.79. The number of amides is 2. The average molecular weight is 421 g/mol. The van der Waals surface area contributed by atoms with Crippen LogP contribution >= 0.6 is 0 Å². The molecule has 0 spiro atoms. The molecule has 0 aliphatic carbocycles. The van der Waals surface area contributed by atoms with Gasteiger partial charge in [-0.05, 0) is 17.7 Å². The van der Waals surface area contributed by atoms with Crippen LogP contribution in [0.15, 0.2) is 60.9 Å². The maximum absolute atomic E-state index is 12.8. The Bertz CT molecular complexity index is 1130. The van der Waals surface area contributed by atoms with Gasteiger partial charge in [-0.25, -0.2) is 14.6 Å². The minimum absolute atomic E-state index is 0.0485. The van der Waals surface area contributed by atoms with Gasteiger partial charge in [0.15, 0.2) is 0 Å². The van der Waals surface area contributed by atoms with Crippen molar-refractivity contribution in [3.63, 3.8) is 0 Å². The average Bonchev–Trinajstić information content (AvgIpc) is 3.15. The van der Waals surface area contributed by atoms with Gasteiger partial charge in [0.2, 0.25) is 0 Å². The van der Waals surface area contributed by atoms with Crippen molar-refractivity contribution in [2.45, 2.75) is 25.6 Å². The number of hydrogen-bond acceptors (Lipinski definition) is 5. The molecule has 10 nitrogen and oxygen atoms in total. The third kappa shape index (κ3) is 4.22. The zero-order valence-electron chi connectivity index (χ0n) is 16.3. The van der Waals surface area contributed by atoms with Crippen molar-refractivity contribution >= 4 is 23.4 Å². The number of imidazole rings is 1. The third-order valence-electron chi connectivity index (χ3n) is 5.19. The van der Waals surface area contributed by atoms with Gasteiger partial charge in [0.25, 0.3) is 5.69 Å². The molecule has 4 rings (SSSR count). The SMILES string of the molecule is O=C(O)C1Cc2c(ncn2Cc2ccccc2)CN1C(=O)Nc1ccc([N+](=O)[O-])cc1. The summed E-state index contributed by atoms with van der Waals surface area (Å²) in [5.74, 6) is -1.11. The van der Waals surface area contributed by atoms with Gasteiger partial charge >= 0.3 is 12.0 Å². The number of urea groups is 1. The summed E-state index contributed by atoms with van der Waals surface area (Å²) in [5, 5.41) is 23.1. The summed E-state index contributed by atoms with van der Waals surface area (Å²) in [5.41, 5.74) is 2.73. The molecule has 0 saturated heterocycles. The number of carboxylic acids is 1. The van der Waals surface area contributed by atoms with Crippen LogP contribution in [0.1, 0.15) is 17.0 Å². The highest BCUT2D eigenvalue weighted by atomic mass is 16.6. The van der Waals surface area contributed by atoms with Crippen LogP contribution in [0.4, 0.5) is 16.2 Å². The Morgan fingerprint density at radius 3 is 2.52 bits per heavy atom. The topological polar surface area (TPSA) is 131 Å². The Morgan fingerprint density at radius 1 is 1.16 bits per heavy atom. The number of nitrogens with one attached hydrogen (secondary N) is 1. The molecule has 2 amide bonds. The molecule has 2 N–H and O–H groups in total. The molecule has 0 fully saturated rings. The number of nitro groups is 1. The lowest BCUT2D eigenvalue weighted by molar-refractivity contribution is -0.384. The molecule has 31 heavy (non-hydrogen) atoms. The second-order valence-corrected chi connectivity index (χ2v) is 7.17. The third-order valence-corrected chi connectivity index (χ3v) is 5.19. The number of hydrogen-bond donors (Lipinski definition) is 2. The molecule has 0 radical (unpaired) electrons. The lowest BCUT2D eigenvalue weighted by atomic mass is 10.0. The van der Waals surface area contributed by atoms with Crippen LogP contribution < -0.4 is 5.32 Å². The summed E-state index contributed by atoms with van der Waals surface area (Å²) >= 11 is 0. The largest absolute Gasteiger partial charge is 0.480 e. The Hall–Kier alpha value is -4.21. The fourth-order valence-corrected chi connectivity index (χ4v) is 3.59. The van der Waals surface area contributed by atoms with E-state index in [-0.39, 0.29) is 18.7 Å². The summed E-state index contributed by atoms with van der Waals surface area (Å²) < 4.78 is 1.91. The fraction of sp³-hybridized carbons (Fsp3) is 0.190. The number of nitro benzene ring substituents is 1. The molecule has 0 saturated carbocycles. The first-order valence-electron chi connectivity index (χ1n) is 9.54. The van der Waals surface area contributed by atoms with E-state index in [0.717, 1.165) is 11.3 Å². The second-order valence-electron chi connectivity index (χ2n) is 7.17. The van der Waals surface area contributed by atoms with Crippen molar-refractivity contribution < 1.29 is 19.6 Å². The number of anilines is 1. The molecular formula is C21H19N5O5. The number of carboxylic acid groups (broad SMARTS) is 1. The minimum atomic E-state index is -1.11. The monoisotopic (exact) mass is 421 g/mol. The zero-order valence-corrected chi connectivity index (χ0v) is 16.3. The smallest absolute Gasteiger partial charge is 0.326 e. The zero-order chi connectivity index (χ0) is 22.0. The summed E-state index contributed by atoms with van der Waals surface area (Å²) in [4.78, 5) is 40.5. The van der Waals surface area contributed by atoms with Gasteiger partial charge in [-0.15, -0.1) is 0 Å². The molecule has 3 aromatic rings. The highest BCUT2D eigenvalue weighted by molar-refractivity contribution is 5.92. The molecule has 1 atom stereocenters. The van der Waals surface area contributed by atoms with Gasteiger partial charge in [-0.2, -0.15) is 0 Å². The van der Waals surface area contributed by atoms with Crippen molar-refractivity contribution in [3.05, 3.63) is 88.0 Å². The van der Waals surface area contributed by atoms with E-state index in [9.17, 15) is 24.8 Å². The predicted octanol–water partition coefficient (Wildman–Crippen LogP) is 2.88. The first-order chi connectivity index (χ1) is 14.9. The molecule has 158 valence electrons. The Kier molecular flexibility index (Phi) is 5.35. The molecule has 1 aromatic heterocycles. The van der Waals surface area contributed by atoms with Gasteiger partial charge in [0, 0.05) is 36.5 Å². The van der Waals surface area contributed by atoms with Gasteiger partial charge in [0.05, 0.1) is 23.5 Å². The first kappa shape index (κ1) is 20.1. The van der Waals surface area contributed by atoms with Crippen LogP contribution in [-0.2, 0) is 24.3 Å². The quantitative estimate of drug-likeness (QED) is 0.481. The van der Waals surface area contributed by atoms with E-state index in [1.54, 1.807) is 6.33 Å². The number of carbonyl (C=O) groups excluding carboxylic acids is 1. The number of benzene rings is 2. The maximum atomic E-state index is 12.8. The van der Waals surface area contributed by atoms with Crippen LogP contribution in [0.2, 0.25) is 0 Å². The Balaban J connectivity index is 1.53. The standard InChI is InChI=1S/C21H19N5O5/c27-20(28)19-10-18-17(22-13-24(18)11-14-4-2-1-3-5-14)12-25(19)21(29)23-15-6-8-16(9-7-15)26(30)31/h1-9,13,19H,10-12H2,(H,23,29)(H,27,28). The van der Waals surface area contributed by atoms with E-state index in [1.165, 1.54) is 29.2 Å². The van der Waals surface area contributed by atoms with E-state index >= 15 is 0 Å². The van der Waals surface area contributed by atoms with Gasteiger partial charge in [-0.1, -0.05) is 30.3 Å². The summed E-state index contributed by atoms with van der Waals surface area (Å²) in [6, 6.07) is 13.4. The number of aliphatic carboxylic acids is 1. The second kappa shape index (κ2) is 8.27. The van der Waals surface area contributed by atoms with E-state index in [1.807, 2.05) is 34.9 Å². The highest BCUT2D eigenvalue weighted by Crippen LogP contribution is 2.25. The van der Waals surface area contributed by atoms with Crippen molar-refractivity contribution in [1.82, 2.24) is 14.5 Å². The van der Waals surface area contributed by atoms with Crippen LogP contribution in [0.25, 0.3) is 0 Å². The Labute approximate surface area is 176 Å². The van der Waals surface area contributed by atoms with E-state index in [0.29, 0.717) is 17.9 Å². The van der Waals surface area contributed by atoms with Crippen LogP contribution in [0, 0.1) is 10.1 Å². The lowest BCUT2D eigenvalue weighted by Crippen LogP contribution is -2.50. The minimum Gasteiger partial charge on any atom is -0.480 e. The fourth-order valence-electron chi connectivity index (χ4n) is 3.59. The highest BCUT2D eigenvalue weighted by Gasteiger charge is 2.37. The maximum Gasteiger partial charge on any atom is 0.326 e.